The topological polar surface area (TPSA) is 19.0 Å². The van der Waals surface area contributed by atoms with E-state index in [1.807, 2.05) is 11.9 Å². The summed E-state index contributed by atoms with van der Waals surface area (Å²) >= 11 is 1.84. The Bertz CT molecular complexity index is 287. The minimum absolute atomic E-state index is 0.394. The standard InChI is InChI=1S/C15H31N3OS/c1-15(2,3)13-17-7-5-16(6-8-17)11-14-12-18(20-4)9-10-19-14/h14H,5-13H2,1-4H3/t14-/m0/s1. The van der Waals surface area contributed by atoms with Crippen LogP contribution in [-0.2, 0) is 4.74 Å². The van der Waals surface area contributed by atoms with E-state index in [1.54, 1.807) is 0 Å². The average Bonchev–Trinajstić information content (AvgIpc) is 2.40. The molecule has 1 atom stereocenters. The van der Waals surface area contributed by atoms with Gasteiger partial charge in [0.25, 0.3) is 0 Å². The SMILES string of the molecule is CSN1CCO[C@@H](CN2CCN(CC(C)(C)C)CC2)C1. The van der Waals surface area contributed by atoms with Crippen molar-refractivity contribution >= 4 is 11.9 Å². The van der Waals surface area contributed by atoms with Crippen LogP contribution in [0.1, 0.15) is 20.8 Å². The van der Waals surface area contributed by atoms with Crippen molar-refractivity contribution in [3.63, 3.8) is 0 Å². The molecule has 0 aromatic heterocycles. The van der Waals surface area contributed by atoms with Crippen molar-refractivity contribution in [1.29, 1.82) is 0 Å². The molecular formula is C15H31N3OS. The molecule has 5 heteroatoms. The lowest BCUT2D eigenvalue weighted by Gasteiger charge is -2.40. The Kier molecular flexibility index (Phi) is 6.17. The monoisotopic (exact) mass is 301 g/mol. The van der Waals surface area contributed by atoms with Crippen molar-refractivity contribution in [1.82, 2.24) is 14.1 Å². The van der Waals surface area contributed by atoms with Gasteiger partial charge in [-0.3, -0.25) is 4.90 Å². The van der Waals surface area contributed by atoms with E-state index in [1.165, 1.54) is 32.7 Å². The van der Waals surface area contributed by atoms with Crippen molar-refractivity contribution < 1.29 is 4.74 Å². The van der Waals surface area contributed by atoms with E-state index in [2.05, 4.69) is 41.1 Å². The van der Waals surface area contributed by atoms with Gasteiger partial charge in [-0.25, -0.2) is 4.31 Å². The van der Waals surface area contributed by atoms with Gasteiger partial charge in [0.05, 0.1) is 12.7 Å². The quantitative estimate of drug-likeness (QED) is 0.733. The number of nitrogens with zero attached hydrogens (tertiary/aromatic N) is 3. The number of ether oxygens (including phenoxy) is 1. The molecule has 0 amide bonds. The van der Waals surface area contributed by atoms with Crippen molar-refractivity contribution in [3.05, 3.63) is 0 Å². The molecule has 0 aliphatic carbocycles. The number of morpholine rings is 1. The third-order valence-electron chi connectivity index (χ3n) is 3.98. The first-order valence-corrected chi connectivity index (χ1v) is 9.00. The molecule has 2 aliphatic rings. The van der Waals surface area contributed by atoms with E-state index < -0.39 is 0 Å². The first-order valence-electron chi connectivity index (χ1n) is 7.82. The molecule has 0 saturated carbocycles. The van der Waals surface area contributed by atoms with Crippen LogP contribution in [0.15, 0.2) is 0 Å². The molecule has 118 valence electrons. The van der Waals surface area contributed by atoms with Gasteiger partial charge in [0, 0.05) is 52.4 Å². The van der Waals surface area contributed by atoms with Crippen LogP contribution < -0.4 is 0 Å². The van der Waals surface area contributed by atoms with Crippen LogP contribution in [0.3, 0.4) is 0 Å². The molecule has 2 saturated heterocycles. The minimum atomic E-state index is 0.394. The lowest BCUT2D eigenvalue weighted by Crippen LogP contribution is -2.52. The van der Waals surface area contributed by atoms with Crippen LogP contribution in [-0.4, -0.2) is 85.4 Å². The summed E-state index contributed by atoms with van der Waals surface area (Å²) in [5.74, 6) is 0. The van der Waals surface area contributed by atoms with Crippen molar-refractivity contribution in [2.24, 2.45) is 5.41 Å². The van der Waals surface area contributed by atoms with Gasteiger partial charge in [0.2, 0.25) is 0 Å². The normalized spacial score (nSPS) is 27.9. The van der Waals surface area contributed by atoms with E-state index in [9.17, 15) is 0 Å². The van der Waals surface area contributed by atoms with E-state index in [0.29, 0.717) is 11.5 Å². The summed E-state index contributed by atoms with van der Waals surface area (Å²) in [7, 11) is 0. The Morgan fingerprint density at radius 2 is 1.70 bits per heavy atom. The molecule has 0 aromatic rings. The largest absolute Gasteiger partial charge is 0.374 e. The van der Waals surface area contributed by atoms with Crippen LogP contribution >= 0.6 is 11.9 Å². The first-order chi connectivity index (χ1) is 9.46. The van der Waals surface area contributed by atoms with Crippen molar-refractivity contribution in [2.75, 3.05) is 65.2 Å². The van der Waals surface area contributed by atoms with Crippen LogP contribution in [0.4, 0.5) is 0 Å². The Morgan fingerprint density at radius 3 is 2.30 bits per heavy atom. The maximum atomic E-state index is 5.91. The van der Waals surface area contributed by atoms with E-state index >= 15 is 0 Å². The Labute approximate surface area is 128 Å². The molecule has 0 N–H and O–H groups in total. The maximum absolute atomic E-state index is 5.91. The molecule has 2 aliphatic heterocycles. The second kappa shape index (κ2) is 7.45. The van der Waals surface area contributed by atoms with Gasteiger partial charge < -0.3 is 9.64 Å². The Morgan fingerprint density at radius 1 is 1.05 bits per heavy atom. The smallest absolute Gasteiger partial charge is 0.0838 e. The second-order valence-corrected chi connectivity index (χ2v) is 8.08. The fourth-order valence-corrected chi connectivity index (χ4v) is 3.63. The molecular weight excluding hydrogens is 270 g/mol. The number of piperazine rings is 1. The fraction of sp³-hybridized carbons (Fsp3) is 1.00. The fourth-order valence-electron chi connectivity index (χ4n) is 3.06. The molecule has 0 unspecified atom stereocenters. The summed E-state index contributed by atoms with van der Waals surface area (Å²) in [5.41, 5.74) is 0.410. The van der Waals surface area contributed by atoms with Crippen molar-refractivity contribution in [2.45, 2.75) is 26.9 Å². The number of hydrogen-bond acceptors (Lipinski definition) is 5. The molecule has 0 spiro atoms. The summed E-state index contributed by atoms with van der Waals surface area (Å²) in [5, 5.41) is 0. The molecule has 0 radical (unpaired) electrons. The Balaban J connectivity index is 1.69. The molecule has 2 fully saturated rings. The zero-order chi connectivity index (χ0) is 14.6. The zero-order valence-electron chi connectivity index (χ0n) is 13.6. The van der Waals surface area contributed by atoms with E-state index in [0.717, 1.165) is 26.2 Å². The molecule has 0 aromatic carbocycles. The van der Waals surface area contributed by atoms with Crippen molar-refractivity contribution in [3.8, 4) is 0 Å². The second-order valence-electron chi connectivity index (χ2n) is 7.20. The number of hydrogen-bond donors (Lipinski definition) is 0. The highest BCUT2D eigenvalue weighted by atomic mass is 32.2. The average molecular weight is 302 g/mol. The molecule has 20 heavy (non-hydrogen) atoms. The summed E-state index contributed by atoms with van der Waals surface area (Å²) in [4.78, 5) is 5.18. The first kappa shape index (κ1) is 16.6. The highest BCUT2D eigenvalue weighted by Crippen LogP contribution is 2.18. The van der Waals surface area contributed by atoms with Crippen LogP contribution in [0.25, 0.3) is 0 Å². The van der Waals surface area contributed by atoms with E-state index in [4.69, 9.17) is 4.74 Å². The highest BCUT2D eigenvalue weighted by molar-refractivity contribution is 7.96. The maximum Gasteiger partial charge on any atom is 0.0838 e. The third kappa shape index (κ3) is 5.53. The van der Waals surface area contributed by atoms with Gasteiger partial charge in [-0.1, -0.05) is 32.7 Å². The predicted molar refractivity (Wildman–Crippen MR) is 87.2 cm³/mol. The van der Waals surface area contributed by atoms with E-state index in [-0.39, 0.29) is 0 Å². The number of rotatable bonds is 4. The molecule has 2 heterocycles. The lowest BCUT2D eigenvalue weighted by atomic mass is 9.96. The summed E-state index contributed by atoms with van der Waals surface area (Å²) in [6.07, 6.45) is 2.55. The van der Waals surface area contributed by atoms with Gasteiger partial charge in [-0.15, -0.1) is 0 Å². The summed E-state index contributed by atoms with van der Waals surface area (Å²) in [6.45, 7) is 17.1. The van der Waals surface area contributed by atoms with Crippen LogP contribution in [0.5, 0.6) is 0 Å². The summed E-state index contributed by atoms with van der Waals surface area (Å²) in [6, 6.07) is 0. The molecule has 2 rings (SSSR count). The summed E-state index contributed by atoms with van der Waals surface area (Å²) < 4.78 is 8.33. The molecule has 4 nitrogen and oxygen atoms in total. The minimum Gasteiger partial charge on any atom is -0.374 e. The van der Waals surface area contributed by atoms with Gasteiger partial charge in [0.1, 0.15) is 0 Å². The predicted octanol–water partition coefficient (Wildman–Crippen LogP) is 1.63. The van der Waals surface area contributed by atoms with Gasteiger partial charge in [-0.2, -0.15) is 0 Å². The van der Waals surface area contributed by atoms with Crippen LogP contribution in [0.2, 0.25) is 0 Å². The zero-order valence-corrected chi connectivity index (χ0v) is 14.4. The lowest BCUT2D eigenvalue weighted by molar-refractivity contribution is -0.0256. The van der Waals surface area contributed by atoms with Crippen LogP contribution in [0, 0.1) is 5.41 Å². The van der Waals surface area contributed by atoms with Gasteiger partial charge in [0.15, 0.2) is 0 Å². The molecule has 0 bridgehead atoms. The third-order valence-corrected chi connectivity index (χ3v) is 4.83. The van der Waals surface area contributed by atoms with Gasteiger partial charge in [-0.05, 0) is 11.7 Å². The Hall–Kier alpha value is 0.190. The highest BCUT2D eigenvalue weighted by Gasteiger charge is 2.26. The van der Waals surface area contributed by atoms with Gasteiger partial charge >= 0.3 is 0 Å².